The molecule has 0 saturated carbocycles. The Morgan fingerprint density at radius 2 is 1.78 bits per heavy atom. The minimum atomic E-state index is 0.386. The van der Waals surface area contributed by atoms with Gasteiger partial charge in [0.25, 0.3) is 0 Å². The second-order valence-corrected chi connectivity index (χ2v) is 4.81. The summed E-state index contributed by atoms with van der Waals surface area (Å²) in [5.41, 5.74) is 0.822. The molecule has 0 saturated heterocycles. The van der Waals surface area contributed by atoms with Crippen LogP contribution in [0.3, 0.4) is 0 Å². The van der Waals surface area contributed by atoms with E-state index < -0.39 is 0 Å². The molecular formula is C16H32O2. The number of unbranched alkanes of at least 4 members (excludes halogenated alkanes) is 2. The molecule has 0 fully saturated rings. The normalized spacial score (nSPS) is 12.6. The van der Waals surface area contributed by atoms with Crippen molar-refractivity contribution in [2.75, 3.05) is 6.61 Å². The summed E-state index contributed by atoms with van der Waals surface area (Å²) in [6, 6.07) is 0. The Morgan fingerprint density at radius 3 is 2.11 bits per heavy atom. The molecule has 0 aromatic heterocycles. The van der Waals surface area contributed by atoms with Crippen LogP contribution in [0.1, 0.15) is 72.6 Å². The van der Waals surface area contributed by atoms with Gasteiger partial charge in [-0.3, -0.25) is 4.79 Å². The first kappa shape index (κ1) is 19.7. The zero-order chi connectivity index (χ0) is 14.2. The molecule has 0 aliphatic heterocycles. The molecule has 0 aromatic rings. The molecule has 2 heteroatoms. The number of hydrogen-bond donors (Lipinski definition) is 1. The summed E-state index contributed by atoms with van der Waals surface area (Å²) in [7, 11) is 0. The van der Waals surface area contributed by atoms with Crippen LogP contribution in [0, 0.1) is 5.92 Å². The van der Waals surface area contributed by atoms with E-state index in [1.54, 1.807) is 6.92 Å². The van der Waals surface area contributed by atoms with E-state index >= 15 is 0 Å². The Morgan fingerprint density at radius 1 is 1.11 bits per heavy atom. The summed E-state index contributed by atoms with van der Waals surface area (Å²) in [6.45, 7) is 8.59. The molecule has 0 aromatic carbocycles. The fraction of sp³-hybridized carbons (Fsp3) is 0.812. The lowest BCUT2D eigenvalue weighted by atomic mass is 9.98. The van der Waals surface area contributed by atoms with Crippen molar-refractivity contribution in [3.63, 3.8) is 0 Å². The first-order valence-corrected chi connectivity index (χ1v) is 7.38. The fourth-order valence-corrected chi connectivity index (χ4v) is 1.79. The Kier molecular flexibility index (Phi) is 17.9. The minimum Gasteiger partial charge on any atom is -0.396 e. The SMILES string of the molecule is CCC=C(C)C=O.CCCCCC(CO)CCC. The van der Waals surface area contributed by atoms with Gasteiger partial charge in [-0.2, -0.15) is 0 Å². The van der Waals surface area contributed by atoms with Crippen molar-refractivity contribution in [3.05, 3.63) is 11.6 Å². The summed E-state index contributed by atoms with van der Waals surface area (Å²) in [6.07, 6.45) is 11.2. The van der Waals surface area contributed by atoms with E-state index in [1.165, 1.54) is 38.5 Å². The first-order chi connectivity index (χ1) is 8.65. The Bertz CT molecular complexity index is 197. The van der Waals surface area contributed by atoms with Crippen LogP contribution in [0.2, 0.25) is 0 Å². The number of allylic oxidation sites excluding steroid dienone is 2. The zero-order valence-electron chi connectivity index (χ0n) is 12.7. The van der Waals surface area contributed by atoms with E-state index in [4.69, 9.17) is 5.11 Å². The molecule has 0 amide bonds. The maximum absolute atomic E-state index is 9.83. The van der Waals surface area contributed by atoms with Crippen LogP contribution in [0.5, 0.6) is 0 Å². The maximum atomic E-state index is 9.83. The van der Waals surface area contributed by atoms with Crippen LogP contribution in [0.25, 0.3) is 0 Å². The van der Waals surface area contributed by atoms with Crippen molar-refractivity contribution < 1.29 is 9.90 Å². The molecule has 18 heavy (non-hydrogen) atoms. The van der Waals surface area contributed by atoms with E-state index in [0.717, 1.165) is 18.3 Å². The standard InChI is InChI=1S/C10H22O.C6H10O/c1-3-5-6-8-10(9-11)7-4-2;1-3-4-6(2)5-7/h10-11H,3-9H2,1-2H3;4-5H,3H2,1-2H3. The summed E-state index contributed by atoms with van der Waals surface area (Å²) in [4.78, 5) is 9.83. The van der Waals surface area contributed by atoms with Gasteiger partial charge < -0.3 is 5.11 Å². The molecule has 2 nitrogen and oxygen atoms in total. The van der Waals surface area contributed by atoms with Gasteiger partial charge in [-0.15, -0.1) is 0 Å². The quantitative estimate of drug-likeness (QED) is 0.374. The molecule has 0 spiro atoms. The monoisotopic (exact) mass is 256 g/mol. The van der Waals surface area contributed by atoms with Crippen LogP contribution in [-0.2, 0) is 4.79 Å². The van der Waals surface area contributed by atoms with Crippen molar-refractivity contribution in [2.24, 2.45) is 5.92 Å². The molecule has 0 aliphatic carbocycles. The lowest BCUT2D eigenvalue weighted by Crippen LogP contribution is -2.05. The van der Waals surface area contributed by atoms with Crippen molar-refractivity contribution in [2.45, 2.75) is 72.6 Å². The summed E-state index contributed by atoms with van der Waals surface area (Å²) in [5, 5.41) is 8.96. The average molecular weight is 256 g/mol. The fourth-order valence-electron chi connectivity index (χ4n) is 1.79. The van der Waals surface area contributed by atoms with Gasteiger partial charge in [-0.25, -0.2) is 0 Å². The number of rotatable bonds is 9. The Labute approximate surface area is 113 Å². The van der Waals surface area contributed by atoms with E-state index in [9.17, 15) is 4.79 Å². The van der Waals surface area contributed by atoms with Crippen molar-refractivity contribution in [1.82, 2.24) is 0 Å². The molecule has 108 valence electrons. The molecule has 1 N–H and O–H groups in total. The van der Waals surface area contributed by atoms with Gasteiger partial charge in [-0.1, -0.05) is 52.5 Å². The number of aliphatic hydroxyl groups excluding tert-OH is 1. The zero-order valence-corrected chi connectivity index (χ0v) is 12.7. The molecule has 1 atom stereocenters. The van der Waals surface area contributed by atoms with E-state index in [-0.39, 0.29) is 0 Å². The molecule has 0 heterocycles. The molecule has 0 bridgehead atoms. The highest BCUT2D eigenvalue weighted by Gasteiger charge is 2.04. The van der Waals surface area contributed by atoms with Crippen molar-refractivity contribution in [3.8, 4) is 0 Å². The van der Waals surface area contributed by atoms with Gasteiger partial charge in [-0.05, 0) is 37.7 Å². The molecule has 0 radical (unpaired) electrons. The number of aliphatic hydroxyl groups is 1. The number of aldehydes is 1. The first-order valence-electron chi connectivity index (χ1n) is 7.38. The largest absolute Gasteiger partial charge is 0.396 e. The Hall–Kier alpha value is -0.630. The minimum absolute atomic E-state index is 0.386. The van der Waals surface area contributed by atoms with E-state index in [0.29, 0.717) is 12.5 Å². The van der Waals surface area contributed by atoms with Crippen LogP contribution < -0.4 is 0 Å². The highest BCUT2D eigenvalue weighted by Crippen LogP contribution is 2.14. The second-order valence-electron chi connectivity index (χ2n) is 4.81. The van der Waals surface area contributed by atoms with Gasteiger partial charge in [0.1, 0.15) is 6.29 Å². The number of hydrogen-bond acceptors (Lipinski definition) is 2. The van der Waals surface area contributed by atoms with Crippen LogP contribution in [0.15, 0.2) is 11.6 Å². The van der Waals surface area contributed by atoms with Gasteiger partial charge in [0.2, 0.25) is 0 Å². The summed E-state index contributed by atoms with van der Waals surface area (Å²) >= 11 is 0. The third-order valence-corrected chi connectivity index (χ3v) is 2.88. The van der Waals surface area contributed by atoms with Gasteiger partial charge in [0, 0.05) is 6.61 Å². The summed E-state index contributed by atoms with van der Waals surface area (Å²) < 4.78 is 0. The van der Waals surface area contributed by atoms with Gasteiger partial charge in [0.15, 0.2) is 0 Å². The number of carbonyl (C=O) groups is 1. The van der Waals surface area contributed by atoms with Crippen LogP contribution in [-0.4, -0.2) is 18.0 Å². The van der Waals surface area contributed by atoms with Crippen LogP contribution >= 0.6 is 0 Å². The lowest BCUT2D eigenvalue weighted by Gasteiger charge is -2.11. The average Bonchev–Trinajstić information content (AvgIpc) is 2.39. The number of carbonyl (C=O) groups excluding carboxylic acids is 1. The third kappa shape index (κ3) is 15.4. The highest BCUT2D eigenvalue weighted by molar-refractivity contribution is 5.71. The third-order valence-electron chi connectivity index (χ3n) is 2.88. The van der Waals surface area contributed by atoms with Gasteiger partial charge >= 0.3 is 0 Å². The molecular weight excluding hydrogens is 224 g/mol. The van der Waals surface area contributed by atoms with Crippen molar-refractivity contribution >= 4 is 6.29 Å². The van der Waals surface area contributed by atoms with E-state index in [2.05, 4.69) is 13.8 Å². The maximum Gasteiger partial charge on any atom is 0.145 e. The topological polar surface area (TPSA) is 37.3 Å². The summed E-state index contributed by atoms with van der Waals surface area (Å²) in [5.74, 6) is 0.576. The van der Waals surface area contributed by atoms with Crippen LogP contribution in [0.4, 0.5) is 0 Å². The predicted molar refractivity (Wildman–Crippen MR) is 79.7 cm³/mol. The molecule has 0 rings (SSSR count). The van der Waals surface area contributed by atoms with Gasteiger partial charge in [0.05, 0.1) is 0 Å². The highest BCUT2D eigenvalue weighted by atomic mass is 16.3. The van der Waals surface area contributed by atoms with E-state index in [1.807, 2.05) is 13.0 Å². The smallest absolute Gasteiger partial charge is 0.145 e. The Balaban J connectivity index is 0. The predicted octanol–water partition coefficient (Wildman–Crippen LogP) is 4.52. The lowest BCUT2D eigenvalue weighted by molar-refractivity contribution is -0.104. The second kappa shape index (κ2) is 16.4. The molecule has 1 unspecified atom stereocenters. The van der Waals surface area contributed by atoms with Crippen molar-refractivity contribution in [1.29, 1.82) is 0 Å². The molecule has 0 aliphatic rings.